The zero-order chi connectivity index (χ0) is 18.2. The summed E-state index contributed by atoms with van der Waals surface area (Å²) >= 11 is 0. The number of carbonyl (C=O) groups excluding carboxylic acids is 1. The summed E-state index contributed by atoms with van der Waals surface area (Å²) in [6.45, 7) is 1.40. The van der Waals surface area contributed by atoms with E-state index in [9.17, 15) is 4.79 Å². The van der Waals surface area contributed by atoms with Crippen molar-refractivity contribution in [3.63, 3.8) is 0 Å². The molecule has 1 heterocycles. The Hall–Kier alpha value is -3.08. The lowest BCUT2D eigenvalue weighted by Gasteiger charge is -2.08. The number of ether oxygens (including phenoxy) is 1. The Bertz CT molecular complexity index is 827. The van der Waals surface area contributed by atoms with E-state index in [0.29, 0.717) is 12.1 Å². The van der Waals surface area contributed by atoms with Gasteiger partial charge in [-0.05, 0) is 48.2 Å². The minimum atomic E-state index is -0.0372. The van der Waals surface area contributed by atoms with Gasteiger partial charge in [0.15, 0.2) is 0 Å². The van der Waals surface area contributed by atoms with Gasteiger partial charge in [0.2, 0.25) is 0 Å². The molecule has 0 aliphatic rings. The number of hydrogen-bond donors (Lipinski definition) is 1. The van der Waals surface area contributed by atoms with Gasteiger partial charge in [-0.3, -0.25) is 4.79 Å². The molecule has 0 aliphatic heterocycles. The lowest BCUT2D eigenvalue weighted by Crippen LogP contribution is -2.24. The van der Waals surface area contributed by atoms with Gasteiger partial charge in [-0.25, -0.2) is 4.98 Å². The average molecular weight is 349 g/mol. The molecule has 0 saturated heterocycles. The van der Waals surface area contributed by atoms with Gasteiger partial charge in [-0.1, -0.05) is 24.3 Å². The second-order valence-corrected chi connectivity index (χ2v) is 6.14. The molecule has 0 spiro atoms. The number of aryl methyl sites for hydroxylation is 1. The van der Waals surface area contributed by atoms with Crippen molar-refractivity contribution < 1.29 is 9.53 Å². The van der Waals surface area contributed by atoms with Crippen LogP contribution in [0.4, 0.5) is 0 Å². The first-order chi connectivity index (χ1) is 12.7. The molecule has 5 nitrogen and oxygen atoms in total. The maximum atomic E-state index is 12.2. The maximum Gasteiger partial charge on any atom is 0.251 e. The number of aromatic nitrogens is 2. The van der Waals surface area contributed by atoms with E-state index in [1.807, 2.05) is 53.2 Å². The van der Waals surface area contributed by atoms with E-state index < -0.39 is 0 Å². The molecule has 1 aromatic heterocycles. The van der Waals surface area contributed by atoms with Crippen molar-refractivity contribution in [1.82, 2.24) is 14.9 Å². The Morgan fingerprint density at radius 1 is 1.15 bits per heavy atom. The maximum absolute atomic E-state index is 12.2. The van der Waals surface area contributed by atoms with Gasteiger partial charge in [0.05, 0.1) is 13.4 Å². The molecule has 3 rings (SSSR count). The van der Waals surface area contributed by atoms with E-state index in [2.05, 4.69) is 16.4 Å². The van der Waals surface area contributed by atoms with Crippen LogP contribution < -0.4 is 10.1 Å². The molecule has 2 aromatic carbocycles. The monoisotopic (exact) mass is 349 g/mol. The number of imidazole rings is 1. The number of nitrogens with zero attached hydrogens (tertiary/aromatic N) is 2. The van der Waals surface area contributed by atoms with E-state index >= 15 is 0 Å². The van der Waals surface area contributed by atoms with Gasteiger partial charge >= 0.3 is 0 Å². The summed E-state index contributed by atoms with van der Waals surface area (Å²) < 4.78 is 7.22. The molecule has 26 heavy (non-hydrogen) atoms. The standard InChI is InChI=1S/C21H23N3O2/c1-26-20-6-2-4-17(14-20)5-3-11-23-21(25)19-9-7-18(8-10-19)15-24-13-12-22-16-24/h2,4,6-10,12-14,16H,3,5,11,15H2,1H3,(H,23,25). The van der Waals surface area contributed by atoms with Crippen molar-refractivity contribution in [2.45, 2.75) is 19.4 Å². The molecule has 5 heteroatoms. The highest BCUT2D eigenvalue weighted by molar-refractivity contribution is 5.94. The third-order valence-corrected chi connectivity index (χ3v) is 4.20. The lowest BCUT2D eigenvalue weighted by molar-refractivity contribution is 0.0953. The summed E-state index contributed by atoms with van der Waals surface area (Å²) in [6, 6.07) is 15.7. The summed E-state index contributed by atoms with van der Waals surface area (Å²) in [4.78, 5) is 16.3. The molecule has 0 unspecified atom stereocenters. The van der Waals surface area contributed by atoms with Crippen molar-refractivity contribution in [1.29, 1.82) is 0 Å². The third kappa shape index (κ3) is 4.96. The first kappa shape index (κ1) is 17.7. The van der Waals surface area contributed by atoms with Gasteiger partial charge < -0.3 is 14.6 Å². The van der Waals surface area contributed by atoms with Crippen LogP contribution in [0.5, 0.6) is 5.75 Å². The van der Waals surface area contributed by atoms with Crippen LogP contribution in [0, 0.1) is 0 Å². The molecule has 0 aliphatic carbocycles. The SMILES string of the molecule is COc1cccc(CCCNC(=O)c2ccc(Cn3ccnc3)cc2)c1. The molecule has 0 saturated carbocycles. The van der Waals surface area contributed by atoms with Gasteiger partial charge in [-0.15, -0.1) is 0 Å². The number of rotatable bonds is 8. The predicted octanol–water partition coefficient (Wildman–Crippen LogP) is 3.30. The summed E-state index contributed by atoms with van der Waals surface area (Å²) in [7, 11) is 1.67. The number of amides is 1. The summed E-state index contributed by atoms with van der Waals surface area (Å²) in [5.41, 5.74) is 3.03. The van der Waals surface area contributed by atoms with Crippen molar-refractivity contribution in [2.24, 2.45) is 0 Å². The third-order valence-electron chi connectivity index (χ3n) is 4.20. The fraction of sp³-hybridized carbons (Fsp3) is 0.238. The molecule has 0 atom stereocenters. The van der Waals surface area contributed by atoms with Crippen LogP contribution in [0.1, 0.15) is 27.9 Å². The molecule has 0 fully saturated rings. The predicted molar refractivity (Wildman–Crippen MR) is 101 cm³/mol. The van der Waals surface area contributed by atoms with Crippen molar-refractivity contribution in [2.75, 3.05) is 13.7 Å². The van der Waals surface area contributed by atoms with Gasteiger partial charge in [0.25, 0.3) is 5.91 Å². The molecule has 0 radical (unpaired) electrons. The molecule has 134 valence electrons. The van der Waals surface area contributed by atoms with Crippen molar-refractivity contribution in [3.8, 4) is 5.75 Å². The number of carbonyl (C=O) groups is 1. The zero-order valence-electron chi connectivity index (χ0n) is 14.9. The minimum absolute atomic E-state index is 0.0372. The topological polar surface area (TPSA) is 56.1 Å². The molecule has 0 bridgehead atoms. The molecular formula is C21H23N3O2. The smallest absolute Gasteiger partial charge is 0.251 e. The van der Waals surface area contributed by atoms with Crippen LogP contribution in [-0.2, 0) is 13.0 Å². The van der Waals surface area contributed by atoms with Crippen LogP contribution in [-0.4, -0.2) is 29.1 Å². The highest BCUT2D eigenvalue weighted by Crippen LogP contribution is 2.13. The number of nitrogens with one attached hydrogen (secondary N) is 1. The fourth-order valence-corrected chi connectivity index (χ4v) is 2.78. The summed E-state index contributed by atoms with van der Waals surface area (Å²) in [6.07, 6.45) is 7.25. The zero-order valence-corrected chi connectivity index (χ0v) is 14.9. The van der Waals surface area contributed by atoms with Crippen molar-refractivity contribution >= 4 is 5.91 Å². The lowest BCUT2D eigenvalue weighted by atomic mass is 10.1. The Labute approximate surface area is 153 Å². The van der Waals surface area contributed by atoms with Gasteiger partial charge in [0, 0.05) is 31.0 Å². The normalized spacial score (nSPS) is 10.5. The first-order valence-corrected chi connectivity index (χ1v) is 8.70. The second kappa shape index (κ2) is 8.85. The Balaban J connectivity index is 1.44. The second-order valence-electron chi connectivity index (χ2n) is 6.14. The highest BCUT2D eigenvalue weighted by Gasteiger charge is 2.05. The Morgan fingerprint density at radius 3 is 2.73 bits per heavy atom. The van der Waals surface area contributed by atoms with Crippen molar-refractivity contribution in [3.05, 3.63) is 83.9 Å². The first-order valence-electron chi connectivity index (χ1n) is 8.70. The van der Waals surface area contributed by atoms with Crippen LogP contribution in [0.25, 0.3) is 0 Å². The highest BCUT2D eigenvalue weighted by atomic mass is 16.5. The average Bonchev–Trinajstić information content (AvgIpc) is 3.19. The van der Waals surface area contributed by atoms with Crippen LogP contribution in [0.2, 0.25) is 0 Å². The largest absolute Gasteiger partial charge is 0.497 e. The van der Waals surface area contributed by atoms with E-state index in [-0.39, 0.29) is 5.91 Å². The minimum Gasteiger partial charge on any atom is -0.497 e. The summed E-state index contributed by atoms with van der Waals surface area (Å²) in [5, 5.41) is 2.98. The van der Waals surface area contributed by atoms with Gasteiger partial charge in [0.1, 0.15) is 5.75 Å². The van der Waals surface area contributed by atoms with Crippen LogP contribution >= 0.6 is 0 Å². The summed E-state index contributed by atoms with van der Waals surface area (Å²) in [5.74, 6) is 0.826. The number of benzene rings is 2. The Morgan fingerprint density at radius 2 is 2.00 bits per heavy atom. The fourth-order valence-electron chi connectivity index (χ4n) is 2.78. The molecule has 3 aromatic rings. The van der Waals surface area contributed by atoms with E-state index in [4.69, 9.17) is 4.74 Å². The Kier molecular flexibility index (Phi) is 6.04. The van der Waals surface area contributed by atoms with Crippen LogP contribution in [0.15, 0.2) is 67.3 Å². The number of methoxy groups -OCH3 is 1. The van der Waals surface area contributed by atoms with Gasteiger partial charge in [-0.2, -0.15) is 0 Å². The van der Waals surface area contributed by atoms with E-state index in [1.54, 1.807) is 19.6 Å². The molecule has 1 N–H and O–H groups in total. The van der Waals surface area contributed by atoms with Crippen LogP contribution in [0.3, 0.4) is 0 Å². The quantitative estimate of drug-likeness (QED) is 0.635. The molecular weight excluding hydrogens is 326 g/mol. The van der Waals surface area contributed by atoms with E-state index in [1.165, 1.54) is 5.56 Å². The molecule has 1 amide bonds. The van der Waals surface area contributed by atoms with E-state index in [0.717, 1.165) is 30.7 Å². The number of hydrogen-bond acceptors (Lipinski definition) is 3.